The molecule has 4 rings (SSSR count). The molecule has 1 saturated heterocycles. The highest BCUT2D eigenvalue weighted by Gasteiger charge is 2.32. The molecule has 1 unspecified atom stereocenters. The molecule has 1 aliphatic heterocycles. The van der Waals surface area contributed by atoms with Gasteiger partial charge in [0.2, 0.25) is 0 Å². The van der Waals surface area contributed by atoms with E-state index >= 15 is 0 Å². The molecule has 1 N–H and O–H groups in total. The number of carbonyl (C=O) groups is 1. The monoisotopic (exact) mass is 397 g/mol. The summed E-state index contributed by atoms with van der Waals surface area (Å²) in [6.07, 6.45) is 6.10. The summed E-state index contributed by atoms with van der Waals surface area (Å²) in [6, 6.07) is 4.06. The Bertz CT molecular complexity index is 841. The van der Waals surface area contributed by atoms with E-state index < -0.39 is 0 Å². The van der Waals surface area contributed by atoms with E-state index in [-0.39, 0.29) is 12.0 Å². The van der Waals surface area contributed by atoms with Gasteiger partial charge in [-0.05, 0) is 37.3 Å². The summed E-state index contributed by atoms with van der Waals surface area (Å²) >= 11 is 0. The van der Waals surface area contributed by atoms with Crippen LogP contribution < -0.4 is 10.2 Å². The standard InChI is InChI=1S/C22H31N5O2/c1-15(2)13-27-21(18-5-6-18)19(12-25-27)22(28)24-11-17-4-7-20(23-10-17)26-8-9-29-16(3)14-26/h4,7,10,12,15-16,18H,5-6,8-9,11,13-14H2,1-3H3,(H,24,28). The second-order valence-electron chi connectivity index (χ2n) is 8.63. The first-order valence-corrected chi connectivity index (χ1v) is 10.7. The fourth-order valence-electron chi connectivity index (χ4n) is 3.86. The van der Waals surface area contributed by atoms with Crippen LogP contribution in [0.15, 0.2) is 24.5 Å². The number of nitrogens with zero attached hydrogens (tertiary/aromatic N) is 4. The van der Waals surface area contributed by atoms with Gasteiger partial charge >= 0.3 is 0 Å². The molecule has 0 bridgehead atoms. The van der Waals surface area contributed by atoms with Gasteiger partial charge in [-0.1, -0.05) is 19.9 Å². The van der Waals surface area contributed by atoms with E-state index in [1.54, 1.807) is 6.20 Å². The van der Waals surface area contributed by atoms with Gasteiger partial charge < -0.3 is 15.0 Å². The van der Waals surface area contributed by atoms with Crippen LogP contribution in [0, 0.1) is 5.92 Å². The SMILES string of the molecule is CC(C)Cn1ncc(C(=O)NCc2ccc(N3CCOC(C)C3)nc2)c1C1CC1. The highest BCUT2D eigenvalue weighted by atomic mass is 16.5. The van der Waals surface area contributed by atoms with Crippen LogP contribution in [0.3, 0.4) is 0 Å². The van der Waals surface area contributed by atoms with Gasteiger partial charge in [0.15, 0.2) is 0 Å². The lowest BCUT2D eigenvalue weighted by atomic mass is 10.1. The van der Waals surface area contributed by atoms with E-state index in [4.69, 9.17) is 4.74 Å². The lowest BCUT2D eigenvalue weighted by molar-refractivity contribution is 0.0529. The number of ether oxygens (including phenoxy) is 1. The van der Waals surface area contributed by atoms with Crippen LogP contribution in [0.2, 0.25) is 0 Å². The first-order valence-electron chi connectivity index (χ1n) is 10.7. The number of morpholine rings is 1. The van der Waals surface area contributed by atoms with Crippen molar-refractivity contribution in [3.8, 4) is 0 Å². The molecule has 7 heteroatoms. The van der Waals surface area contributed by atoms with Crippen LogP contribution in [-0.4, -0.2) is 46.5 Å². The van der Waals surface area contributed by atoms with Gasteiger partial charge in [-0.3, -0.25) is 9.48 Å². The highest BCUT2D eigenvalue weighted by molar-refractivity contribution is 5.95. The van der Waals surface area contributed by atoms with Crippen LogP contribution in [-0.2, 0) is 17.8 Å². The first kappa shape index (κ1) is 19.9. The summed E-state index contributed by atoms with van der Waals surface area (Å²) in [5.74, 6) is 1.89. The minimum absolute atomic E-state index is 0.0482. The maximum Gasteiger partial charge on any atom is 0.255 e. The fourth-order valence-corrected chi connectivity index (χ4v) is 3.86. The molecule has 2 aromatic heterocycles. The van der Waals surface area contributed by atoms with Crippen molar-refractivity contribution >= 4 is 11.7 Å². The molecule has 2 aromatic rings. The van der Waals surface area contributed by atoms with Gasteiger partial charge in [0.05, 0.1) is 30.2 Å². The van der Waals surface area contributed by atoms with Crippen molar-refractivity contribution in [2.24, 2.45) is 5.92 Å². The Balaban J connectivity index is 1.38. The molecule has 3 heterocycles. The topological polar surface area (TPSA) is 72.3 Å². The number of pyridine rings is 1. The van der Waals surface area contributed by atoms with Crippen LogP contribution in [0.25, 0.3) is 0 Å². The summed E-state index contributed by atoms with van der Waals surface area (Å²) < 4.78 is 7.61. The van der Waals surface area contributed by atoms with Crippen molar-refractivity contribution < 1.29 is 9.53 Å². The zero-order chi connectivity index (χ0) is 20.4. The zero-order valence-corrected chi connectivity index (χ0v) is 17.6. The molecule has 0 radical (unpaired) electrons. The van der Waals surface area contributed by atoms with Crippen LogP contribution in [0.4, 0.5) is 5.82 Å². The summed E-state index contributed by atoms with van der Waals surface area (Å²) in [6.45, 7) is 10.2. The molecule has 156 valence electrons. The molecule has 0 spiro atoms. The minimum atomic E-state index is -0.0482. The largest absolute Gasteiger partial charge is 0.375 e. The van der Waals surface area contributed by atoms with Crippen molar-refractivity contribution in [2.75, 3.05) is 24.6 Å². The Morgan fingerprint density at radius 2 is 2.14 bits per heavy atom. The molecular formula is C22H31N5O2. The van der Waals surface area contributed by atoms with Crippen LogP contribution >= 0.6 is 0 Å². The van der Waals surface area contributed by atoms with E-state index in [1.165, 1.54) is 0 Å². The molecule has 1 aliphatic carbocycles. The van der Waals surface area contributed by atoms with Crippen molar-refractivity contribution in [3.05, 3.63) is 41.3 Å². The predicted octanol–water partition coefficient (Wildman–Crippen LogP) is 2.97. The Morgan fingerprint density at radius 3 is 2.79 bits per heavy atom. The van der Waals surface area contributed by atoms with Gasteiger partial charge in [-0.15, -0.1) is 0 Å². The van der Waals surface area contributed by atoms with Crippen LogP contribution in [0.5, 0.6) is 0 Å². The predicted molar refractivity (Wildman–Crippen MR) is 112 cm³/mol. The number of rotatable bonds is 7. The highest BCUT2D eigenvalue weighted by Crippen LogP contribution is 2.41. The first-order chi connectivity index (χ1) is 14.0. The molecule has 1 amide bonds. The maximum atomic E-state index is 12.8. The van der Waals surface area contributed by atoms with Gasteiger partial charge in [0.1, 0.15) is 5.82 Å². The number of anilines is 1. The average molecular weight is 398 g/mol. The summed E-state index contributed by atoms with van der Waals surface area (Å²) in [4.78, 5) is 19.6. The normalized spacial score (nSPS) is 19.6. The fraction of sp³-hybridized carbons (Fsp3) is 0.591. The number of carbonyl (C=O) groups excluding carboxylic acids is 1. The Kier molecular flexibility index (Phi) is 5.85. The Morgan fingerprint density at radius 1 is 1.31 bits per heavy atom. The molecule has 2 aliphatic rings. The number of aromatic nitrogens is 3. The third kappa shape index (κ3) is 4.78. The number of nitrogens with one attached hydrogen (secondary N) is 1. The second-order valence-corrected chi connectivity index (χ2v) is 8.63. The lowest BCUT2D eigenvalue weighted by Crippen LogP contribution is -2.41. The molecule has 29 heavy (non-hydrogen) atoms. The molecule has 1 saturated carbocycles. The van der Waals surface area contributed by atoms with E-state index in [0.29, 0.717) is 18.4 Å². The van der Waals surface area contributed by atoms with Crippen molar-refractivity contribution in [2.45, 2.75) is 58.7 Å². The lowest BCUT2D eigenvalue weighted by Gasteiger charge is -2.32. The summed E-state index contributed by atoms with van der Waals surface area (Å²) in [5, 5.41) is 7.54. The van der Waals surface area contributed by atoms with Gasteiger partial charge in [-0.2, -0.15) is 5.10 Å². The van der Waals surface area contributed by atoms with E-state index in [0.717, 1.165) is 61.7 Å². The summed E-state index contributed by atoms with van der Waals surface area (Å²) in [7, 11) is 0. The second kappa shape index (κ2) is 8.53. The third-order valence-corrected chi connectivity index (χ3v) is 5.45. The summed E-state index contributed by atoms with van der Waals surface area (Å²) in [5.41, 5.74) is 2.82. The zero-order valence-electron chi connectivity index (χ0n) is 17.6. The molecule has 1 atom stereocenters. The third-order valence-electron chi connectivity index (χ3n) is 5.45. The van der Waals surface area contributed by atoms with Gasteiger partial charge in [-0.25, -0.2) is 4.98 Å². The number of hydrogen-bond donors (Lipinski definition) is 1. The molecular weight excluding hydrogens is 366 g/mol. The molecule has 0 aromatic carbocycles. The van der Waals surface area contributed by atoms with Crippen LogP contribution in [0.1, 0.15) is 61.1 Å². The Hall–Kier alpha value is -2.41. The quantitative estimate of drug-likeness (QED) is 0.778. The number of amides is 1. The minimum Gasteiger partial charge on any atom is -0.375 e. The van der Waals surface area contributed by atoms with Crippen molar-refractivity contribution in [1.29, 1.82) is 0 Å². The Labute approximate surface area is 172 Å². The maximum absolute atomic E-state index is 12.8. The van der Waals surface area contributed by atoms with E-state index in [2.05, 4.69) is 41.1 Å². The van der Waals surface area contributed by atoms with Gasteiger partial charge in [0, 0.05) is 38.3 Å². The van der Waals surface area contributed by atoms with Gasteiger partial charge in [0.25, 0.3) is 5.91 Å². The number of hydrogen-bond acceptors (Lipinski definition) is 5. The van der Waals surface area contributed by atoms with E-state index in [9.17, 15) is 4.79 Å². The molecule has 7 nitrogen and oxygen atoms in total. The average Bonchev–Trinajstić information content (AvgIpc) is 3.46. The molecule has 2 fully saturated rings. The van der Waals surface area contributed by atoms with Crippen molar-refractivity contribution in [3.63, 3.8) is 0 Å². The van der Waals surface area contributed by atoms with E-state index in [1.807, 2.05) is 23.0 Å². The van der Waals surface area contributed by atoms with Crippen molar-refractivity contribution in [1.82, 2.24) is 20.1 Å². The smallest absolute Gasteiger partial charge is 0.255 e.